The van der Waals surface area contributed by atoms with E-state index in [1.54, 1.807) is 19.1 Å². The van der Waals surface area contributed by atoms with Crippen molar-refractivity contribution < 1.29 is 27.4 Å². The number of alkyl halides is 3. The van der Waals surface area contributed by atoms with Gasteiger partial charge in [0.1, 0.15) is 23.3 Å². The minimum absolute atomic E-state index is 0.0188. The monoisotopic (exact) mass is 527 g/mol. The Balaban J connectivity index is 2.00. The molecule has 10 heteroatoms. The van der Waals surface area contributed by atoms with Gasteiger partial charge in [0, 0.05) is 23.1 Å². The van der Waals surface area contributed by atoms with Gasteiger partial charge < -0.3 is 9.47 Å². The number of benzene rings is 3. The topological polar surface area (TPSA) is 59.3 Å². The van der Waals surface area contributed by atoms with Crippen LogP contribution in [-0.2, 0) is 16.6 Å². The highest BCUT2D eigenvalue weighted by molar-refractivity contribution is 6.32. The normalized spacial score (nSPS) is 13.0. The van der Waals surface area contributed by atoms with Crippen LogP contribution in [0.2, 0.25) is 15.1 Å². The molecule has 0 radical (unpaired) electrons. The van der Waals surface area contributed by atoms with Crippen molar-refractivity contribution in [1.29, 1.82) is 5.26 Å². The number of halogens is 6. The first-order valence-electron chi connectivity index (χ1n) is 9.74. The van der Waals surface area contributed by atoms with Gasteiger partial charge in [-0.2, -0.15) is 18.4 Å². The summed E-state index contributed by atoms with van der Waals surface area (Å²) in [5.41, 5.74) is -2.76. The summed E-state index contributed by atoms with van der Waals surface area (Å²) in [6, 6.07) is 14.8. The molecule has 0 fully saturated rings. The molecule has 0 saturated carbocycles. The Labute approximate surface area is 208 Å². The van der Waals surface area contributed by atoms with Crippen molar-refractivity contribution in [3.63, 3.8) is 0 Å². The van der Waals surface area contributed by atoms with Gasteiger partial charge in [0.05, 0.1) is 15.6 Å². The number of ether oxygens (including phenoxy) is 2. The third-order valence-corrected chi connectivity index (χ3v) is 5.60. The van der Waals surface area contributed by atoms with Crippen LogP contribution in [0.4, 0.5) is 13.2 Å². The van der Waals surface area contributed by atoms with Crippen LogP contribution in [0.15, 0.2) is 60.7 Å². The van der Waals surface area contributed by atoms with E-state index in [4.69, 9.17) is 44.3 Å². The number of hydrogen-bond donors (Lipinski definition) is 0. The summed E-state index contributed by atoms with van der Waals surface area (Å²) < 4.78 is 50.1. The zero-order chi connectivity index (χ0) is 25.1. The van der Waals surface area contributed by atoms with E-state index in [0.29, 0.717) is 5.02 Å². The summed E-state index contributed by atoms with van der Waals surface area (Å²) in [5.74, 6) is -0.548. The number of nitrogens with zero attached hydrogens (tertiary/aromatic N) is 1. The molecule has 0 aliphatic carbocycles. The highest BCUT2D eigenvalue weighted by Gasteiger charge is 2.43. The predicted octanol–water partition coefficient (Wildman–Crippen LogP) is 8.23. The Bertz CT molecular complexity index is 1270. The molecule has 0 bridgehead atoms. The number of Topliss-reactive ketones (excluding diaryl/α,β-unsaturated/α-hetero) is 1. The maximum Gasteiger partial charge on any atom is 0.416 e. The van der Waals surface area contributed by atoms with E-state index in [-0.39, 0.29) is 39.3 Å². The van der Waals surface area contributed by atoms with Gasteiger partial charge in [-0.15, -0.1) is 0 Å². The number of carbonyl (C=O) groups is 1. The summed E-state index contributed by atoms with van der Waals surface area (Å²) in [6.45, 7) is 1.58. The van der Waals surface area contributed by atoms with Crippen molar-refractivity contribution in [3.05, 3.63) is 86.9 Å². The Morgan fingerprint density at radius 2 is 1.68 bits per heavy atom. The fourth-order valence-electron chi connectivity index (χ4n) is 3.06. The van der Waals surface area contributed by atoms with E-state index in [9.17, 15) is 23.2 Å². The molecule has 0 aromatic heterocycles. The van der Waals surface area contributed by atoms with Crippen LogP contribution >= 0.6 is 34.8 Å². The SMILES string of the molecule is CCC(=O)C(C#N)(Oc1cc(Oc2ccc(C(F)(F)F)cc2Cl)ccc1Cl)c1cccc(Cl)c1. The van der Waals surface area contributed by atoms with Crippen LogP contribution in [0.25, 0.3) is 0 Å². The highest BCUT2D eigenvalue weighted by Crippen LogP contribution is 2.40. The summed E-state index contributed by atoms with van der Waals surface area (Å²) in [6.07, 6.45) is -4.58. The van der Waals surface area contributed by atoms with Gasteiger partial charge in [-0.05, 0) is 42.5 Å². The van der Waals surface area contributed by atoms with Crippen LogP contribution in [0.1, 0.15) is 24.5 Å². The smallest absolute Gasteiger partial charge is 0.416 e. The molecule has 3 rings (SSSR count). The van der Waals surface area contributed by atoms with Crippen LogP contribution in [0.5, 0.6) is 17.2 Å². The Hall–Kier alpha value is -2.92. The van der Waals surface area contributed by atoms with Crippen LogP contribution in [0.3, 0.4) is 0 Å². The first-order chi connectivity index (χ1) is 16.0. The zero-order valence-electron chi connectivity index (χ0n) is 17.4. The molecule has 0 amide bonds. The zero-order valence-corrected chi connectivity index (χ0v) is 19.7. The fraction of sp³-hybridized carbons (Fsp3) is 0.167. The molecular formula is C24H15Cl3F3NO3. The summed E-state index contributed by atoms with van der Waals surface area (Å²) in [7, 11) is 0. The summed E-state index contributed by atoms with van der Waals surface area (Å²) in [4.78, 5) is 12.9. The van der Waals surface area contributed by atoms with E-state index in [0.717, 1.165) is 18.2 Å². The lowest BCUT2D eigenvalue weighted by Gasteiger charge is -2.27. The average molecular weight is 529 g/mol. The minimum Gasteiger partial charge on any atom is -0.459 e. The van der Waals surface area contributed by atoms with Gasteiger partial charge in [0.25, 0.3) is 5.60 Å². The van der Waals surface area contributed by atoms with Gasteiger partial charge >= 0.3 is 6.18 Å². The first-order valence-corrected chi connectivity index (χ1v) is 10.9. The lowest BCUT2D eigenvalue weighted by atomic mass is 9.89. The van der Waals surface area contributed by atoms with Crippen LogP contribution in [-0.4, -0.2) is 5.78 Å². The number of ketones is 1. The number of nitriles is 1. The van der Waals surface area contributed by atoms with E-state index >= 15 is 0 Å². The molecular weight excluding hydrogens is 514 g/mol. The van der Waals surface area contributed by atoms with E-state index in [1.807, 2.05) is 6.07 Å². The molecule has 176 valence electrons. The Kier molecular flexibility index (Phi) is 7.67. The molecule has 3 aromatic carbocycles. The quantitative estimate of drug-likeness (QED) is 0.310. The van der Waals surface area contributed by atoms with E-state index in [2.05, 4.69) is 0 Å². The van der Waals surface area contributed by atoms with Crippen LogP contribution in [0, 0.1) is 11.3 Å². The summed E-state index contributed by atoms with van der Waals surface area (Å²) in [5, 5.41) is 10.1. The van der Waals surface area contributed by atoms with E-state index in [1.165, 1.54) is 30.3 Å². The first kappa shape index (κ1) is 25.7. The minimum atomic E-state index is -4.56. The van der Waals surface area contributed by atoms with Crippen molar-refractivity contribution in [2.24, 2.45) is 0 Å². The van der Waals surface area contributed by atoms with Crippen molar-refractivity contribution in [2.75, 3.05) is 0 Å². The fourth-order valence-corrected chi connectivity index (χ4v) is 3.63. The average Bonchev–Trinajstić information content (AvgIpc) is 2.79. The number of rotatable bonds is 7. The number of hydrogen-bond acceptors (Lipinski definition) is 4. The predicted molar refractivity (Wildman–Crippen MR) is 123 cm³/mol. The largest absolute Gasteiger partial charge is 0.459 e. The third-order valence-electron chi connectivity index (χ3n) is 4.76. The van der Waals surface area contributed by atoms with Gasteiger partial charge in [-0.3, -0.25) is 4.79 Å². The maximum absolute atomic E-state index is 12.9. The van der Waals surface area contributed by atoms with Gasteiger partial charge in [0.15, 0.2) is 5.78 Å². The number of carbonyl (C=O) groups excluding carboxylic acids is 1. The standard InChI is InChI=1S/C24H15Cl3F3NO3/c1-2-22(32)23(13-31,14-4-3-5-16(25)10-14)34-21-12-17(7-8-18(21)26)33-20-9-6-15(11-19(20)27)24(28,29)30/h3-12H,2H2,1H3. The van der Waals surface area contributed by atoms with Crippen molar-refractivity contribution >= 4 is 40.6 Å². The Morgan fingerprint density at radius 3 is 2.26 bits per heavy atom. The van der Waals surface area contributed by atoms with Gasteiger partial charge in [-0.1, -0.05) is 53.9 Å². The molecule has 4 nitrogen and oxygen atoms in total. The molecule has 0 aliphatic rings. The van der Waals surface area contributed by atoms with Gasteiger partial charge in [0.2, 0.25) is 0 Å². The lowest BCUT2D eigenvalue weighted by molar-refractivity contribution is -0.137. The summed E-state index contributed by atoms with van der Waals surface area (Å²) >= 11 is 18.3. The lowest BCUT2D eigenvalue weighted by Crippen LogP contribution is -2.40. The third kappa shape index (κ3) is 5.41. The maximum atomic E-state index is 12.9. The second-order valence-electron chi connectivity index (χ2n) is 7.02. The molecule has 0 heterocycles. The molecule has 34 heavy (non-hydrogen) atoms. The van der Waals surface area contributed by atoms with Crippen molar-refractivity contribution in [1.82, 2.24) is 0 Å². The molecule has 0 spiro atoms. The molecule has 1 atom stereocenters. The van der Waals surface area contributed by atoms with Crippen molar-refractivity contribution in [3.8, 4) is 23.3 Å². The second kappa shape index (κ2) is 10.1. The Morgan fingerprint density at radius 1 is 0.941 bits per heavy atom. The molecule has 1 unspecified atom stereocenters. The van der Waals surface area contributed by atoms with Crippen LogP contribution < -0.4 is 9.47 Å². The molecule has 0 aliphatic heterocycles. The second-order valence-corrected chi connectivity index (χ2v) is 8.27. The van der Waals surface area contributed by atoms with Crippen molar-refractivity contribution in [2.45, 2.75) is 25.1 Å². The van der Waals surface area contributed by atoms with E-state index < -0.39 is 23.1 Å². The molecule has 0 N–H and O–H groups in total. The highest BCUT2D eigenvalue weighted by atomic mass is 35.5. The molecule has 3 aromatic rings. The van der Waals surface area contributed by atoms with Gasteiger partial charge in [-0.25, -0.2) is 0 Å². The molecule has 0 saturated heterocycles.